The van der Waals surface area contributed by atoms with Gasteiger partial charge in [0.25, 0.3) is 0 Å². The van der Waals surface area contributed by atoms with Gasteiger partial charge >= 0.3 is 0 Å². The van der Waals surface area contributed by atoms with Crippen molar-refractivity contribution in [3.8, 4) is 5.75 Å². The van der Waals surface area contributed by atoms with E-state index in [-0.39, 0.29) is 6.10 Å². The van der Waals surface area contributed by atoms with Crippen LogP contribution in [0.3, 0.4) is 0 Å². The van der Waals surface area contributed by atoms with Crippen LogP contribution in [0.5, 0.6) is 5.75 Å². The van der Waals surface area contributed by atoms with Gasteiger partial charge in [0, 0.05) is 29.4 Å². The molecule has 36 heavy (non-hydrogen) atoms. The van der Waals surface area contributed by atoms with Crippen LogP contribution in [0.4, 0.5) is 11.4 Å². The third kappa shape index (κ3) is 4.66. The van der Waals surface area contributed by atoms with Crippen molar-refractivity contribution >= 4 is 11.4 Å². The summed E-state index contributed by atoms with van der Waals surface area (Å²) in [5, 5.41) is 0. The smallest absolute Gasteiger partial charge is 0.123 e. The van der Waals surface area contributed by atoms with E-state index < -0.39 is 0 Å². The lowest BCUT2D eigenvalue weighted by molar-refractivity contribution is -0.115. The molecule has 5 rings (SSSR count). The average Bonchev–Trinajstić information content (AvgIpc) is 3.09. The second kappa shape index (κ2) is 10.1. The minimum atomic E-state index is 0.269. The van der Waals surface area contributed by atoms with Gasteiger partial charge in [-0.1, -0.05) is 66.7 Å². The van der Waals surface area contributed by atoms with E-state index in [1.165, 1.54) is 77.0 Å². The van der Waals surface area contributed by atoms with Crippen molar-refractivity contribution in [2.75, 3.05) is 11.5 Å². The van der Waals surface area contributed by atoms with Crippen molar-refractivity contribution in [2.45, 2.75) is 118 Å². The van der Waals surface area contributed by atoms with Crippen molar-refractivity contribution in [3.63, 3.8) is 0 Å². The van der Waals surface area contributed by atoms with Crippen LogP contribution in [0.25, 0.3) is 0 Å². The van der Waals surface area contributed by atoms with E-state index in [0.29, 0.717) is 34.0 Å². The van der Waals surface area contributed by atoms with Crippen molar-refractivity contribution in [1.29, 1.82) is 0 Å². The van der Waals surface area contributed by atoms with Crippen molar-refractivity contribution in [1.82, 2.24) is 0 Å². The molecule has 3 heteroatoms. The normalized spacial score (nSPS) is 40.8. The van der Waals surface area contributed by atoms with Gasteiger partial charge in [0.2, 0.25) is 0 Å². The number of anilines is 2. The second-order valence-corrected chi connectivity index (χ2v) is 14.5. The van der Waals surface area contributed by atoms with Gasteiger partial charge in [-0.2, -0.15) is 0 Å². The lowest BCUT2D eigenvalue weighted by atomic mass is 9.44. The van der Waals surface area contributed by atoms with Gasteiger partial charge < -0.3 is 16.2 Å². The van der Waals surface area contributed by atoms with Crippen LogP contribution in [0.2, 0.25) is 0 Å². The Bertz CT molecular complexity index is 893. The van der Waals surface area contributed by atoms with E-state index in [9.17, 15) is 0 Å². The molecule has 1 aromatic rings. The zero-order chi connectivity index (χ0) is 25.7. The number of hydrogen-bond donors (Lipinski definition) is 2. The molecular weight excluding hydrogens is 440 g/mol. The van der Waals surface area contributed by atoms with Gasteiger partial charge in [-0.25, -0.2) is 0 Å². The molecule has 0 aromatic heterocycles. The maximum absolute atomic E-state index is 6.91. The highest BCUT2D eigenvalue weighted by Gasteiger charge is 2.63. The van der Waals surface area contributed by atoms with Crippen LogP contribution in [-0.4, -0.2) is 6.10 Å². The number of nitrogens with two attached hydrogens (primary N) is 2. The summed E-state index contributed by atoms with van der Waals surface area (Å²) in [5.74, 6) is 6.52. The molecular formula is C33H54N2O. The summed E-state index contributed by atoms with van der Waals surface area (Å²) in [6, 6.07) is 5.80. The Morgan fingerprint density at radius 3 is 2.33 bits per heavy atom. The second-order valence-electron chi connectivity index (χ2n) is 14.5. The number of rotatable bonds is 7. The molecule has 4 N–H and O–H groups in total. The van der Waals surface area contributed by atoms with Gasteiger partial charge in [-0.15, -0.1) is 0 Å². The predicted octanol–water partition coefficient (Wildman–Crippen LogP) is 8.72. The lowest BCUT2D eigenvalue weighted by Gasteiger charge is -2.60. The molecule has 4 fully saturated rings. The quantitative estimate of drug-likeness (QED) is 0.372. The molecule has 0 amide bonds. The maximum atomic E-state index is 6.91. The molecule has 0 spiro atoms. The molecule has 4 aliphatic carbocycles. The first-order valence-electron chi connectivity index (χ1n) is 15.4. The third-order valence-electron chi connectivity index (χ3n) is 12.0. The SMILES string of the molecule is CC(C)CCC[C@@H](C)[C@H]1C(Oc2cc(N)cc(N)c2)C[C@H]2[C@@H]3CCC4CCCC[C@]4(C)[C@H]3CC[C@]12C. The Morgan fingerprint density at radius 2 is 1.61 bits per heavy atom. The number of benzene rings is 1. The molecule has 1 aromatic carbocycles. The fourth-order valence-electron chi connectivity index (χ4n) is 10.4. The molecule has 0 bridgehead atoms. The number of fused-ring (bicyclic) bond motifs is 5. The summed E-state index contributed by atoms with van der Waals surface area (Å²) in [5.41, 5.74) is 14.7. The fraction of sp³-hybridized carbons (Fsp3) is 0.818. The summed E-state index contributed by atoms with van der Waals surface area (Å²) in [6.45, 7) is 12.6. The van der Waals surface area contributed by atoms with Crippen molar-refractivity contribution in [2.24, 2.45) is 52.3 Å². The molecule has 4 aliphatic rings. The molecule has 0 radical (unpaired) electrons. The van der Waals surface area contributed by atoms with Gasteiger partial charge in [0.15, 0.2) is 0 Å². The molecule has 202 valence electrons. The molecule has 0 saturated heterocycles. The highest BCUT2D eigenvalue weighted by molar-refractivity contribution is 5.56. The summed E-state index contributed by atoms with van der Waals surface area (Å²) < 4.78 is 6.91. The van der Waals surface area contributed by atoms with Gasteiger partial charge in [-0.05, 0) is 97.3 Å². The zero-order valence-electron chi connectivity index (χ0n) is 23.9. The first-order valence-corrected chi connectivity index (χ1v) is 15.4. The minimum absolute atomic E-state index is 0.269. The van der Waals surface area contributed by atoms with Crippen LogP contribution in [0.15, 0.2) is 18.2 Å². The lowest BCUT2D eigenvalue weighted by Crippen LogP contribution is -2.53. The number of ether oxygens (including phenoxy) is 1. The van der Waals surface area contributed by atoms with Crippen molar-refractivity contribution in [3.05, 3.63) is 18.2 Å². The van der Waals surface area contributed by atoms with Gasteiger partial charge in [-0.3, -0.25) is 0 Å². The summed E-state index contributed by atoms with van der Waals surface area (Å²) in [6.07, 6.45) is 17.1. The Kier molecular flexibility index (Phi) is 7.33. The fourth-order valence-corrected chi connectivity index (χ4v) is 10.4. The molecule has 9 atom stereocenters. The van der Waals surface area contributed by atoms with Gasteiger partial charge in [0.05, 0.1) is 0 Å². The molecule has 0 heterocycles. The number of hydrogen-bond acceptors (Lipinski definition) is 3. The van der Waals surface area contributed by atoms with Crippen LogP contribution >= 0.6 is 0 Å². The van der Waals surface area contributed by atoms with E-state index in [0.717, 1.165) is 35.3 Å². The highest BCUT2D eigenvalue weighted by atomic mass is 16.5. The van der Waals surface area contributed by atoms with E-state index >= 15 is 0 Å². The topological polar surface area (TPSA) is 61.3 Å². The minimum Gasteiger partial charge on any atom is -0.490 e. The third-order valence-corrected chi connectivity index (χ3v) is 12.0. The summed E-state index contributed by atoms with van der Waals surface area (Å²) >= 11 is 0. The summed E-state index contributed by atoms with van der Waals surface area (Å²) in [7, 11) is 0. The van der Waals surface area contributed by atoms with Crippen LogP contribution < -0.4 is 16.2 Å². The summed E-state index contributed by atoms with van der Waals surface area (Å²) in [4.78, 5) is 0. The van der Waals surface area contributed by atoms with E-state index in [2.05, 4.69) is 34.6 Å². The largest absolute Gasteiger partial charge is 0.490 e. The Hall–Kier alpha value is -1.38. The van der Waals surface area contributed by atoms with Crippen LogP contribution in [0, 0.1) is 52.3 Å². The van der Waals surface area contributed by atoms with E-state index in [1.54, 1.807) is 0 Å². The molecule has 3 nitrogen and oxygen atoms in total. The first-order chi connectivity index (χ1) is 17.1. The average molecular weight is 495 g/mol. The van der Waals surface area contributed by atoms with E-state index in [4.69, 9.17) is 16.2 Å². The van der Waals surface area contributed by atoms with Crippen LogP contribution in [0.1, 0.15) is 112 Å². The maximum Gasteiger partial charge on any atom is 0.123 e. The molecule has 4 saturated carbocycles. The first kappa shape index (κ1) is 26.2. The Morgan fingerprint density at radius 1 is 0.861 bits per heavy atom. The number of nitrogen functional groups attached to an aromatic ring is 2. The Balaban J connectivity index is 1.43. The van der Waals surface area contributed by atoms with Crippen molar-refractivity contribution < 1.29 is 4.74 Å². The molecule has 0 aliphatic heterocycles. The van der Waals surface area contributed by atoms with E-state index in [1.807, 2.05) is 18.2 Å². The highest BCUT2D eigenvalue weighted by Crippen LogP contribution is 2.68. The Labute approximate surface area is 221 Å². The molecule has 2 unspecified atom stereocenters. The monoisotopic (exact) mass is 494 g/mol. The van der Waals surface area contributed by atoms with Gasteiger partial charge in [0.1, 0.15) is 11.9 Å². The predicted molar refractivity (Wildman–Crippen MR) is 153 cm³/mol. The zero-order valence-corrected chi connectivity index (χ0v) is 23.9. The van der Waals surface area contributed by atoms with Crippen LogP contribution in [-0.2, 0) is 0 Å². The standard InChI is InChI=1S/C33H54N2O/c1-21(2)9-8-10-22(3)31-30(36-26-18-24(34)17-25(35)19-26)20-29-27-13-12-23-11-6-7-15-32(23,4)28(27)14-16-33(29,31)5/h17-19,21-23,27-31H,6-16,20,34-35H2,1-5H3/t22-,23?,27-,28+,29+,30?,31+,32+,33+/m1/s1.